The van der Waals surface area contributed by atoms with Crippen LogP contribution < -0.4 is 0 Å². The van der Waals surface area contributed by atoms with E-state index in [0.29, 0.717) is 6.42 Å². The Kier molecular flexibility index (Phi) is 3.64. The Morgan fingerprint density at radius 2 is 2.21 bits per heavy atom. The largest absolute Gasteiger partial charge is 0.292 e. The van der Waals surface area contributed by atoms with E-state index in [0.717, 1.165) is 5.56 Å². The molecule has 0 saturated carbocycles. The first-order valence-electron chi connectivity index (χ1n) is 4.50. The molecule has 0 aliphatic heterocycles. The molecule has 0 N–H and O–H groups in total. The molecule has 76 valence electrons. The zero-order chi connectivity index (χ0) is 10.7. The van der Waals surface area contributed by atoms with Crippen LogP contribution in [0.5, 0.6) is 0 Å². The van der Waals surface area contributed by atoms with Crippen LogP contribution in [0, 0.1) is 12.7 Å². The van der Waals surface area contributed by atoms with E-state index >= 15 is 0 Å². The summed E-state index contributed by atoms with van der Waals surface area (Å²) in [7, 11) is 0. The molecule has 0 heterocycles. The standard InChI is InChI=1S/C11H12ClFO/c1-3-9(12)11(14)8-5-4-7(2)6-10(8)13/h4-6,9H,3H2,1-2H3. The highest BCUT2D eigenvalue weighted by Gasteiger charge is 2.18. The summed E-state index contributed by atoms with van der Waals surface area (Å²) in [6.45, 7) is 3.57. The van der Waals surface area contributed by atoms with Crippen LogP contribution in [-0.2, 0) is 0 Å². The van der Waals surface area contributed by atoms with Gasteiger partial charge in [0.25, 0.3) is 0 Å². The molecule has 3 heteroatoms. The van der Waals surface area contributed by atoms with Gasteiger partial charge in [-0.2, -0.15) is 0 Å². The fraction of sp³-hybridized carbons (Fsp3) is 0.364. The maximum atomic E-state index is 13.3. The first kappa shape index (κ1) is 11.2. The predicted molar refractivity (Wildman–Crippen MR) is 55.4 cm³/mol. The molecule has 0 spiro atoms. The lowest BCUT2D eigenvalue weighted by Crippen LogP contribution is -2.15. The monoisotopic (exact) mass is 214 g/mol. The molecule has 1 atom stereocenters. The van der Waals surface area contributed by atoms with Crippen molar-refractivity contribution in [2.45, 2.75) is 25.6 Å². The number of halogens is 2. The summed E-state index contributed by atoms with van der Waals surface area (Å²) >= 11 is 5.75. The zero-order valence-electron chi connectivity index (χ0n) is 8.18. The number of carbonyl (C=O) groups is 1. The Morgan fingerprint density at radius 1 is 1.57 bits per heavy atom. The van der Waals surface area contributed by atoms with Gasteiger partial charge in [0, 0.05) is 0 Å². The number of rotatable bonds is 3. The number of Topliss-reactive ketones (excluding diaryl/α,β-unsaturated/α-hetero) is 1. The van der Waals surface area contributed by atoms with Gasteiger partial charge in [-0.05, 0) is 31.0 Å². The fourth-order valence-corrected chi connectivity index (χ4v) is 1.29. The molecule has 0 saturated heterocycles. The lowest BCUT2D eigenvalue weighted by Gasteiger charge is -2.06. The Morgan fingerprint density at radius 3 is 2.71 bits per heavy atom. The number of ketones is 1. The maximum absolute atomic E-state index is 13.3. The maximum Gasteiger partial charge on any atom is 0.183 e. The van der Waals surface area contributed by atoms with Crippen molar-refractivity contribution in [3.8, 4) is 0 Å². The molecular formula is C11H12ClFO. The van der Waals surface area contributed by atoms with Crippen molar-refractivity contribution in [3.63, 3.8) is 0 Å². The van der Waals surface area contributed by atoms with Crippen molar-refractivity contribution in [3.05, 3.63) is 35.1 Å². The topological polar surface area (TPSA) is 17.1 Å². The van der Waals surface area contributed by atoms with Gasteiger partial charge in [0.1, 0.15) is 5.82 Å². The van der Waals surface area contributed by atoms with Gasteiger partial charge < -0.3 is 0 Å². The van der Waals surface area contributed by atoms with E-state index in [9.17, 15) is 9.18 Å². The summed E-state index contributed by atoms with van der Waals surface area (Å²) in [6, 6.07) is 4.53. The minimum atomic E-state index is -0.632. The van der Waals surface area contributed by atoms with Gasteiger partial charge in [0.15, 0.2) is 5.78 Å². The van der Waals surface area contributed by atoms with Gasteiger partial charge in [0.05, 0.1) is 10.9 Å². The number of aryl methyl sites for hydroxylation is 1. The molecule has 0 aliphatic carbocycles. The minimum Gasteiger partial charge on any atom is -0.292 e. The number of alkyl halides is 1. The van der Waals surface area contributed by atoms with E-state index < -0.39 is 11.2 Å². The van der Waals surface area contributed by atoms with Crippen LogP contribution in [0.2, 0.25) is 0 Å². The highest BCUT2D eigenvalue weighted by atomic mass is 35.5. The van der Waals surface area contributed by atoms with Crippen LogP contribution in [0.3, 0.4) is 0 Å². The Bertz CT molecular complexity index is 349. The molecule has 1 unspecified atom stereocenters. The molecule has 0 aliphatic rings. The van der Waals surface area contributed by atoms with E-state index in [-0.39, 0.29) is 11.3 Å². The van der Waals surface area contributed by atoms with Crippen molar-refractivity contribution in [2.75, 3.05) is 0 Å². The van der Waals surface area contributed by atoms with E-state index in [1.165, 1.54) is 12.1 Å². The summed E-state index contributed by atoms with van der Waals surface area (Å²) in [5.41, 5.74) is 0.874. The number of hydrogen-bond donors (Lipinski definition) is 0. The van der Waals surface area contributed by atoms with Crippen LogP contribution >= 0.6 is 11.6 Å². The summed E-state index contributed by atoms with van der Waals surface area (Å²) in [4.78, 5) is 11.5. The highest BCUT2D eigenvalue weighted by molar-refractivity contribution is 6.33. The average molecular weight is 215 g/mol. The van der Waals surface area contributed by atoms with E-state index in [1.54, 1.807) is 19.9 Å². The molecule has 14 heavy (non-hydrogen) atoms. The lowest BCUT2D eigenvalue weighted by atomic mass is 10.0. The van der Waals surface area contributed by atoms with Gasteiger partial charge in [-0.15, -0.1) is 11.6 Å². The molecule has 1 aromatic carbocycles. The molecule has 0 bridgehead atoms. The first-order chi connectivity index (χ1) is 6.56. The molecule has 1 rings (SSSR count). The highest BCUT2D eigenvalue weighted by Crippen LogP contribution is 2.16. The summed E-state index contributed by atoms with van der Waals surface area (Å²) in [5.74, 6) is -0.833. The third-order valence-corrected chi connectivity index (χ3v) is 2.54. The minimum absolute atomic E-state index is 0.0810. The Labute approximate surface area is 87.9 Å². The summed E-state index contributed by atoms with van der Waals surface area (Å²) < 4.78 is 13.3. The summed E-state index contributed by atoms with van der Waals surface area (Å²) in [6.07, 6.45) is 0.508. The van der Waals surface area contributed by atoms with Gasteiger partial charge in [-0.1, -0.05) is 13.0 Å². The Hall–Kier alpha value is -0.890. The van der Waals surface area contributed by atoms with Crippen LogP contribution in [0.25, 0.3) is 0 Å². The van der Waals surface area contributed by atoms with Crippen molar-refractivity contribution in [1.82, 2.24) is 0 Å². The second-order valence-electron chi connectivity index (χ2n) is 3.22. The number of benzene rings is 1. The van der Waals surface area contributed by atoms with Gasteiger partial charge in [-0.25, -0.2) is 4.39 Å². The molecule has 0 radical (unpaired) electrons. The summed E-state index contributed by atoms with van der Waals surface area (Å²) in [5, 5.41) is -0.632. The Balaban J connectivity index is 3.02. The van der Waals surface area contributed by atoms with Crippen molar-refractivity contribution < 1.29 is 9.18 Å². The van der Waals surface area contributed by atoms with Gasteiger partial charge >= 0.3 is 0 Å². The molecule has 0 fully saturated rings. The normalized spacial score (nSPS) is 12.6. The molecule has 0 amide bonds. The van der Waals surface area contributed by atoms with Crippen LogP contribution in [0.4, 0.5) is 4.39 Å². The predicted octanol–water partition coefficient (Wildman–Crippen LogP) is 3.33. The number of hydrogen-bond acceptors (Lipinski definition) is 1. The van der Waals surface area contributed by atoms with Gasteiger partial charge in [-0.3, -0.25) is 4.79 Å². The van der Waals surface area contributed by atoms with Crippen molar-refractivity contribution in [2.24, 2.45) is 0 Å². The zero-order valence-corrected chi connectivity index (χ0v) is 8.94. The van der Waals surface area contributed by atoms with Crippen LogP contribution in [0.1, 0.15) is 29.3 Å². The molecular weight excluding hydrogens is 203 g/mol. The van der Waals surface area contributed by atoms with Crippen molar-refractivity contribution in [1.29, 1.82) is 0 Å². The van der Waals surface area contributed by atoms with E-state index in [1.807, 2.05) is 0 Å². The van der Waals surface area contributed by atoms with Gasteiger partial charge in [0.2, 0.25) is 0 Å². The molecule has 1 aromatic rings. The van der Waals surface area contributed by atoms with Crippen LogP contribution in [0.15, 0.2) is 18.2 Å². The van der Waals surface area contributed by atoms with Crippen molar-refractivity contribution >= 4 is 17.4 Å². The third-order valence-electron chi connectivity index (χ3n) is 2.03. The average Bonchev–Trinajstić information content (AvgIpc) is 2.15. The smallest absolute Gasteiger partial charge is 0.183 e. The second kappa shape index (κ2) is 4.56. The molecule has 0 aromatic heterocycles. The second-order valence-corrected chi connectivity index (χ2v) is 3.75. The van der Waals surface area contributed by atoms with Crippen LogP contribution in [-0.4, -0.2) is 11.2 Å². The lowest BCUT2D eigenvalue weighted by molar-refractivity contribution is 0.0982. The fourth-order valence-electron chi connectivity index (χ4n) is 1.17. The first-order valence-corrected chi connectivity index (χ1v) is 4.94. The third kappa shape index (κ3) is 2.32. The van der Waals surface area contributed by atoms with E-state index in [2.05, 4.69) is 0 Å². The van der Waals surface area contributed by atoms with E-state index in [4.69, 9.17) is 11.6 Å². The SMILES string of the molecule is CCC(Cl)C(=O)c1ccc(C)cc1F. The quantitative estimate of drug-likeness (QED) is 0.557. The molecule has 1 nitrogen and oxygen atoms in total. The number of carbonyl (C=O) groups excluding carboxylic acids is 1.